The van der Waals surface area contributed by atoms with Crippen LogP contribution in [0.3, 0.4) is 0 Å². The molecule has 0 saturated heterocycles. The Morgan fingerprint density at radius 1 is 1.36 bits per heavy atom. The first-order valence-electron chi connectivity index (χ1n) is 7.75. The topological polar surface area (TPSA) is 54.9 Å². The fourth-order valence-corrected chi connectivity index (χ4v) is 5.20. The fourth-order valence-electron chi connectivity index (χ4n) is 2.92. The lowest BCUT2D eigenvalue weighted by Crippen LogP contribution is -2.15. The summed E-state index contributed by atoms with van der Waals surface area (Å²) < 4.78 is 13.8. The number of rotatable bonds is 4. The Hall–Kier alpha value is -1.70. The molecule has 0 unspecified atom stereocenters. The van der Waals surface area contributed by atoms with E-state index < -0.39 is 5.82 Å². The van der Waals surface area contributed by atoms with Gasteiger partial charge in [-0.3, -0.25) is 4.79 Å². The van der Waals surface area contributed by atoms with Crippen molar-refractivity contribution < 1.29 is 9.18 Å². The number of halogens is 2. The molecule has 0 aliphatic heterocycles. The SMILES string of the molecule is O=C(CSc1ncnc2sc3c(c12)CCC3)Nc1ccc(Cl)cc1F. The summed E-state index contributed by atoms with van der Waals surface area (Å²) in [6.07, 6.45) is 4.83. The van der Waals surface area contributed by atoms with Gasteiger partial charge in [-0.25, -0.2) is 14.4 Å². The number of amides is 1. The van der Waals surface area contributed by atoms with Gasteiger partial charge in [0.1, 0.15) is 22.0 Å². The van der Waals surface area contributed by atoms with Crippen molar-refractivity contribution in [1.82, 2.24) is 9.97 Å². The molecule has 1 aliphatic carbocycles. The summed E-state index contributed by atoms with van der Waals surface area (Å²) in [7, 11) is 0. The first kappa shape index (κ1) is 16.8. The van der Waals surface area contributed by atoms with Crippen molar-refractivity contribution in [1.29, 1.82) is 0 Å². The zero-order valence-corrected chi connectivity index (χ0v) is 15.4. The van der Waals surface area contributed by atoms with Crippen LogP contribution in [0.25, 0.3) is 10.2 Å². The van der Waals surface area contributed by atoms with Crippen LogP contribution >= 0.6 is 34.7 Å². The first-order chi connectivity index (χ1) is 12.1. The number of carbonyl (C=O) groups excluding carboxylic acids is 1. The molecule has 2 aromatic heterocycles. The van der Waals surface area contributed by atoms with E-state index in [0.29, 0.717) is 5.02 Å². The molecule has 3 aromatic rings. The molecule has 0 spiro atoms. The molecule has 2 heterocycles. The molecule has 1 N–H and O–H groups in total. The van der Waals surface area contributed by atoms with Gasteiger partial charge < -0.3 is 5.32 Å². The van der Waals surface area contributed by atoms with Crippen molar-refractivity contribution >= 4 is 56.5 Å². The van der Waals surface area contributed by atoms with E-state index in [0.717, 1.165) is 34.5 Å². The van der Waals surface area contributed by atoms with E-state index in [1.165, 1.54) is 46.7 Å². The van der Waals surface area contributed by atoms with E-state index in [1.54, 1.807) is 11.3 Å². The molecular formula is C17H13ClFN3OS2. The van der Waals surface area contributed by atoms with Gasteiger partial charge in [0.2, 0.25) is 5.91 Å². The van der Waals surface area contributed by atoms with Gasteiger partial charge in [-0.1, -0.05) is 23.4 Å². The van der Waals surface area contributed by atoms with Crippen LogP contribution in [-0.2, 0) is 17.6 Å². The molecule has 1 aliphatic rings. The molecule has 4 rings (SSSR count). The molecule has 1 amide bonds. The number of nitrogens with one attached hydrogen (secondary N) is 1. The second-order valence-electron chi connectivity index (χ2n) is 5.68. The van der Waals surface area contributed by atoms with Gasteiger partial charge in [0.05, 0.1) is 11.4 Å². The van der Waals surface area contributed by atoms with Crippen LogP contribution in [0.1, 0.15) is 16.9 Å². The fraction of sp³-hybridized carbons (Fsp3) is 0.235. The van der Waals surface area contributed by atoms with Crippen LogP contribution in [0.2, 0.25) is 5.02 Å². The lowest BCUT2D eigenvalue weighted by Gasteiger charge is -2.07. The number of hydrogen-bond acceptors (Lipinski definition) is 5. The van der Waals surface area contributed by atoms with Crippen LogP contribution in [0.5, 0.6) is 0 Å². The number of nitrogens with zero attached hydrogens (tertiary/aromatic N) is 2. The van der Waals surface area contributed by atoms with E-state index in [2.05, 4.69) is 15.3 Å². The Morgan fingerprint density at radius 2 is 2.24 bits per heavy atom. The van der Waals surface area contributed by atoms with Crippen LogP contribution in [0.4, 0.5) is 10.1 Å². The number of hydrogen-bond donors (Lipinski definition) is 1. The lowest BCUT2D eigenvalue weighted by molar-refractivity contribution is -0.113. The predicted octanol–water partition coefficient (Wildman–Crippen LogP) is 4.70. The Kier molecular flexibility index (Phi) is 4.62. The summed E-state index contributed by atoms with van der Waals surface area (Å²) in [5, 5.41) is 4.75. The van der Waals surface area contributed by atoms with Crippen molar-refractivity contribution in [2.75, 3.05) is 11.1 Å². The molecule has 25 heavy (non-hydrogen) atoms. The van der Waals surface area contributed by atoms with Crippen molar-refractivity contribution in [3.8, 4) is 0 Å². The Morgan fingerprint density at radius 3 is 3.08 bits per heavy atom. The van der Waals surface area contributed by atoms with E-state index in [-0.39, 0.29) is 17.3 Å². The van der Waals surface area contributed by atoms with Crippen molar-refractivity contribution in [2.24, 2.45) is 0 Å². The first-order valence-corrected chi connectivity index (χ1v) is 9.93. The summed E-state index contributed by atoms with van der Waals surface area (Å²) in [5.74, 6) is -0.686. The average molecular weight is 394 g/mol. The molecule has 0 atom stereocenters. The standard InChI is InChI=1S/C17H13ClFN3OS2/c18-9-4-5-12(11(19)6-9)22-14(23)7-24-16-15-10-2-1-3-13(10)25-17(15)21-8-20-16/h4-6,8H,1-3,7H2,(H,22,23). The minimum absolute atomic E-state index is 0.124. The monoisotopic (exact) mass is 393 g/mol. The number of anilines is 1. The third-order valence-electron chi connectivity index (χ3n) is 4.01. The van der Waals surface area contributed by atoms with E-state index >= 15 is 0 Å². The second-order valence-corrected chi connectivity index (χ2v) is 8.16. The van der Waals surface area contributed by atoms with Gasteiger partial charge in [0.15, 0.2) is 0 Å². The summed E-state index contributed by atoms with van der Waals surface area (Å²) in [4.78, 5) is 23.2. The third-order valence-corrected chi connectivity index (χ3v) is 6.44. The van der Waals surface area contributed by atoms with E-state index in [9.17, 15) is 9.18 Å². The van der Waals surface area contributed by atoms with Gasteiger partial charge in [-0.15, -0.1) is 11.3 Å². The summed E-state index contributed by atoms with van der Waals surface area (Å²) in [5.41, 5.74) is 1.45. The molecule has 128 valence electrons. The average Bonchev–Trinajstić information content (AvgIpc) is 3.16. The highest BCUT2D eigenvalue weighted by Crippen LogP contribution is 2.40. The Balaban J connectivity index is 1.50. The number of fused-ring (bicyclic) bond motifs is 3. The van der Waals surface area contributed by atoms with Gasteiger partial charge >= 0.3 is 0 Å². The number of benzene rings is 1. The molecule has 0 bridgehead atoms. The van der Waals surface area contributed by atoms with Crippen molar-refractivity contribution in [2.45, 2.75) is 24.3 Å². The maximum atomic E-state index is 13.8. The van der Waals surface area contributed by atoms with Gasteiger partial charge in [0.25, 0.3) is 0 Å². The van der Waals surface area contributed by atoms with Gasteiger partial charge in [-0.2, -0.15) is 0 Å². The molecule has 4 nitrogen and oxygen atoms in total. The predicted molar refractivity (Wildman–Crippen MR) is 100 cm³/mol. The van der Waals surface area contributed by atoms with Crippen LogP contribution in [0.15, 0.2) is 29.6 Å². The number of thioether (sulfide) groups is 1. The van der Waals surface area contributed by atoms with Crippen LogP contribution in [-0.4, -0.2) is 21.6 Å². The molecule has 0 radical (unpaired) electrons. The number of aromatic nitrogens is 2. The van der Waals surface area contributed by atoms with Crippen molar-refractivity contribution in [3.05, 3.63) is 45.8 Å². The van der Waals surface area contributed by atoms with Gasteiger partial charge in [-0.05, 0) is 43.0 Å². The normalized spacial score (nSPS) is 13.2. The largest absolute Gasteiger partial charge is 0.323 e. The molecule has 0 fully saturated rings. The number of aryl methyl sites for hydroxylation is 2. The maximum Gasteiger partial charge on any atom is 0.234 e. The quantitative estimate of drug-likeness (QED) is 0.515. The van der Waals surface area contributed by atoms with E-state index in [4.69, 9.17) is 11.6 Å². The number of thiophene rings is 1. The smallest absolute Gasteiger partial charge is 0.234 e. The van der Waals surface area contributed by atoms with Crippen molar-refractivity contribution in [3.63, 3.8) is 0 Å². The highest BCUT2D eigenvalue weighted by Gasteiger charge is 2.21. The summed E-state index contributed by atoms with van der Waals surface area (Å²) in [6, 6.07) is 4.16. The van der Waals surface area contributed by atoms with Crippen LogP contribution < -0.4 is 5.32 Å². The van der Waals surface area contributed by atoms with E-state index in [1.807, 2.05) is 0 Å². The van der Waals surface area contributed by atoms with Gasteiger partial charge in [0, 0.05) is 15.3 Å². The molecule has 1 aromatic carbocycles. The number of carbonyl (C=O) groups is 1. The highest BCUT2D eigenvalue weighted by molar-refractivity contribution is 8.00. The lowest BCUT2D eigenvalue weighted by atomic mass is 10.2. The molecular weight excluding hydrogens is 381 g/mol. The Bertz CT molecular complexity index is 976. The minimum Gasteiger partial charge on any atom is -0.323 e. The third kappa shape index (κ3) is 3.36. The summed E-state index contributed by atoms with van der Waals surface area (Å²) >= 11 is 8.78. The summed E-state index contributed by atoms with van der Waals surface area (Å²) in [6.45, 7) is 0. The van der Waals surface area contributed by atoms with Crippen LogP contribution in [0, 0.1) is 5.82 Å². The minimum atomic E-state index is -0.550. The maximum absolute atomic E-state index is 13.8. The molecule has 0 saturated carbocycles. The zero-order valence-electron chi connectivity index (χ0n) is 13.0. The Labute approximate surface area is 156 Å². The second kappa shape index (κ2) is 6.90. The zero-order chi connectivity index (χ0) is 17.4. The molecule has 8 heteroatoms. The highest BCUT2D eigenvalue weighted by atomic mass is 35.5.